The molecule has 30 heavy (non-hydrogen) atoms. The van der Waals surface area contributed by atoms with Crippen LogP contribution in [0.1, 0.15) is 38.8 Å². The van der Waals surface area contributed by atoms with Crippen LogP contribution in [0.25, 0.3) is 0 Å². The van der Waals surface area contributed by atoms with Gasteiger partial charge in [-0.25, -0.2) is 0 Å². The Hall–Kier alpha value is -1.90. The molecular formula is C24H36N2O4. The summed E-state index contributed by atoms with van der Waals surface area (Å²) >= 11 is 0. The molecule has 0 spiro atoms. The second-order valence-electron chi connectivity index (χ2n) is 6.95. The average Bonchev–Trinajstić information content (AvgIpc) is 2.78. The Morgan fingerprint density at radius 3 is 1.40 bits per heavy atom. The van der Waals surface area contributed by atoms with E-state index in [1.165, 1.54) is 0 Å². The second kappa shape index (κ2) is 14.2. The first-order valence-electron chi connectivity index (χ1n) is 10.6. The fraction of sp³-hybridized carbons (Fsp3) is 0.583. The van der Waals surface area contributed by atoms with Gasteiger partial charge in [-0.15, -0.1) is 0 Å². The van der Waals surface area contributed by atoms with Gasteiger partial charge in [0.1, 0.15) is 24.3 Å². The van der Waals surface area contributed by atoms with Gasteiger partial charge in [0.25, 0.3) is 0 Å². The third-order valence-electron chi connectivity index (χ3n) is 5.11. The molecule has 0 unspecified atom stereocenters. The van der Waals surface area contributed by atoms with Gasteiger partial charge in [-0.3, -0.25) is 9.80 Å². The number of rotatable bonds is 10. The molecule has 6 heteroatoms. The highest BCUT2D eigenvalue weighted by Crippen LogP contribution is 2.08. The van der Waals surface area contributed by atoms with E-state index in [1.807, 2.05) is 61.8 Å². The molecule has 1 rings (SSSR count). The summed E-state index contributed by atoms with van der Waals surface area (Å²) in [4.78, 5) is 4.00. The van der Waals surface area contributed by atoms with E-state index >= 15 is 0 Å². The summed E-state index contributed by atoms with van der Waals surface area (Å²) in [5.41, 5.74) is 1.51. The summed E-state index contributed by atoms with van der Waals surface area (Å²) in [6, 6.07) is 6.55. The Morgan fingerprint density at radius 2 is 1.10 bits per heavy atom. The topological polar surface area (TPSA) is 87.4 Å². The van der Waals surface area contributed by atoms with E-state index in [4.69, 9.17) is 0 Å². The van der Waals surface area contributed by atoms with E-state index in [9.17, 15) is 20.4 Å². The van der Waals surface area contributed by atoms with Crippen molar-refractivity contribution in [3.05, 3.63) is 35.4 Å². The first-order valence-corrected chi connectivity index (χ1v) is 10.6. The van der Waals surface area contributed by atoms with Crippen molar-refractivity contribution in [3.8, 4) is 23.7 Å². The maximum Gasteiger partial charge on any atom is 0.104 e. The molecule has 0 aromatic heterocycles. The van der Waals surface area contributed by atoms with Crippen molar-refractivity contribution in [2.75, 3.05) is 39.4 Å². The Kier molecular flexibility index (Phi) is 12.3. The van der Waals surface area contributed by atoms with Crippen molar-refractivity contribution in [2.45, 2.75) is 52.0 Å². The number of likely N-dealkylation sites (N-methyl/N-ethyl adjacent to an activating group) is 2. The first kappa shape index (κ1) is 26.1. The van der Waals surface area contributed by atoms with Gasteiger partial charge in [0.05, 0.1) is 13.2 Å². The van der Waals surface area contributed by atoms with Crippen LogP contribution in [0.3, 0.4) is 0 Å². The Balaban J connectivity index is 3.15. The lowest BCUT2D eigenvalue weighted by Crippen LogP contribution is -2.44. The lowest BCUT2D eigenvalue weighted by molar-refractivity contribution is 0.0369. The van der Waals surface area contributed by atoms with Gasteiger partial charge in [0.2, 0.25) is 0 Å². The third kappa shape index (κ3) is 7.74. The molecule has 166 valence electrons. The summed E-state index contributed by atoms with van der Waals surface area (Å²) in [5, 5.41) is 39.0. The summed E-state index contributed by atoms with van der Waals surface area (Å²) in [7, 11) is 0. The maximum atomic E-state index is 10.1. The highest BCUT2D eigenvalue weighted by Gasteiger charge is 2.22. The zero-order valence-corrected chi connectivity index (χ0v) is 18.5. The van der Waals surface area contributed by atoms with E-state index < -0.39 is 24.3 Å². The minimum absolute atomic E-state index is 0.346. The standard InChI is InChI=1S/C24H36N2O4/c1-5-25(6-2)21(23(29)17-27)14-12-19-10-9-11-20(16-19)13-15-22(24(30)18-28)26(7-3)8-4/h9-11,16,21-24,27-30H,5-8,17-18H2,1-4H3/t21-,22-,23-,24-/m1/s1. The quantitative estimate of drug-likeness (QED) is 0.416. The second-order valence-corrected chi connectivity index (χ2v) is 6.95. The minimum atomic E-state index is -0.935. The number of hydrogen-bond donors (Lipinski definition) is 4. The molecule has 0 aliphatic heterocycles. The Bertz CT molecular complexity index is 680. The van der Waals surface area contributed by atoms with Crippen molar-refractivity contribution in [2.24, 2.45) is 0 Å². The molecule has 0 saturated carbocycles. The summed E-state index contributed by atoms with van der Waals surface area (Å²) in [6.45, 7) is 10.2. The van der Waals surface area contributed by atoms with Crippen LogP contribution in [-0.2, 0) is 0 Å². The van der Waals surface area contributed by atoms with Gasteiger partial charge in [0.15, 0.2) is 0 Å². The van der Waals surface area contributed by atoms with Gasteiger partial charge in [-0.1, -0.05) is 57.4 Å². The molecule has 4 atom stereocenters. The van der Waals surface area contributed by atoms with Crippen molar-refractivity contribution in [3.63, 3.8) is 0 Å². The molecule has 0 radical (unpaired) electrons. The molecule has 0 aliphatic carbocycles. The van der Waals surface area contributed by atoms with Gasteiger partial charge >= 0.3 is 0 Å². The molecule has 0 bridgehead atoms. The monoisotopic (exact) mass is 416 g/mol. The fourth-order valence-corrected chi connectivity index (χ4v) is 3.28. The average molecular weight is 417 g/mol. The molecule has 0 saturated heterocycles. The Labute approximate surface area is 181 Å². The number of benzene rings is 1. The normalized spacial score (nSPS) is 15.0. The van der Waals surface area contributed by atoms with E-state index in [2.05, 4.69) is 23.7 Å². The maximum absolute atomic E-state index is 10.1. The number of nitrogens with zero attached hydrogens (tertiary/aromatic N) is 2. The lowest BCUT2D eigenvalue weighted by Gasteiger charge is -2.28. The molecular weight excluding hydrogens is 380 g/mol. The zero-order valence-electron chi connectivity index (χ0n) is 18.5. The van der Waals surface area contributed by atoms with E-state index in [-0.39, 0.29) is 13.2 Å². The van der Waals surface area contributed by atoms with Crippen LogP contribution in [0.2, 0.25) is 0 Å². The molecule has 6 nitrogen and oxygen atoms in total. The first-order chi connectivity index (χ1) is 14.4. The molecule has 0 amide bonds. The van der Waals surface area contributed by atoms with Crippen LogP contribution < -0.4 is 0 Å². The van der Waals surface area contributed by atoms with Gasteiger partial charge in [-0.05, 0) is 44.4 Å². The van der Waals surface area contributed by atoms with E-state index in [0.29, 0.717) is 0 Å². The third-order valence-corrected chi connectivity index (χ3v) is 5.11. The predicted octanol–water partition coefficient (Wildman–Crippen LogP) is 0.517. The lowest BCUT2D eigenvalue weighted by atomic mass is 10.1. The summed E-state index contributed by atoms with van der Waals surface area (Å²) < 4.78 is 0. The molecule has 0 aliphatic rings. The van der Waals surface area contributed by atoms with Crippen LogP contribution in [0, 0.1) is 23.7 Å². The Morgan fingerprint density at radius 1 is 0.733 bits per heavy atom. The molecule has 1 aromatic carbocycles. The van der Waals surface area contributed by atoms with E-state index in [0.717, 1.165) is 37.3 Å². The van der Waals surface area contributed by atoms with E-state index in [1.54, 1.807) is 0 Å². The van der Waals surface area contributed by atoms with Crippen molar-refractivity contribution in [1.29, 1.82) is 0 Å². The molecule has 0 heterocycles. The number of aliphatic hydroxyl groups is 4. The molecule has 1 aromatic rings. The molecule has 4 N–H and O–H groups in total. The SMILES string of the molecule is CCN(CC)[C@H](C#Cc1cccc(C#C[C@H]([C@H](O)CO)N(CC)CC)c1)[C@H](O)CO. The predicted molar refractivity (Wildman–Crippen MR) is 120 cm³/mol. The van der Waals surface area contributed by atoms with Crippen LogP contribution in [-0.4, -0.2) is 93.9 Å². The smallest absolute Gasteiger partial charge is 0.104 e. The van der Waals surface area contributed by atoms with Crippen molar-refractivity contribution in [1.82, 2.24) is 9.80 Å². The zero-order chi connectivity index (χ0) is 22.5. The highest BCUT2D eigenvalue weighted by atomic mass is 16.3. The number of hydrogen-bond acceptors (Lipinski definition) is 6. The van der Waals surface area contributed by atoms with Crippen LogP contribution in [0.5, 0.6) is 0 Å². The van der Waals surface area contributed by atoms with Gasteiger partial charge < -0.3 is 20.4 Å². The van der Waals surface area contributed by atoms with Crippen LogP contribution >= 0.6 is 0 Å². The van der Waals surface area contributed by atoms with Crippen molar-refractivity contribution < 1.29 is 20.4 Å². The van der Waals surface area contributed by atoms with Gasteiger partial charge in [0, 0.05) is 11.1 Å². The molecule has 0 fully saturated rings. The van der Waals surface area contributed by atoms with Crippen LogP contribution in [0.15, 0.2) is 24.3 Å². The fourth-order valence-electron chi connectivity index (χ4n) is 3.28. The van der Waals surface area contributed by atoms with Crippen molar-refractivity contribution >= 4 is 0 Å². The number of aliphatic hydroxyl groups excluding tert-OH is 4. The minimum Gasteiger partial charge on any atom is -0.394 e. The highest BCUT2D eigenvalue weighted by molar-refractivity contribution is 5.44. The van der Waals surface area contributed by atoms with Crippen LogP contribution in [0.4, 0.5) is 0 Å². The van der Waals surface area contributed by atoms with Gasteiger partial charge in [-0.2, -0.15) is 0 Å². The largest absolute Gasteiger partial charge is 0.394 e. The summed E-state index contributed by atoms with van der Waals surface area (Å²) in [6.07, 6.45) is -1.87. The summed E-state index contributed by atoms with van der Waals surface area (Å²) in [5.74, 6) is 12.3.